The average Bonchev–Trinajstić information content (AvgIpc) is 3.33. The molecule has 0 aromatic rings. The van der Waals surface area contributed by atoms with Gasteiger partial charge < -0.3 is 23.7 Å². The van der Waals surface area contributed by atoms with E-state index in [2.05, 4.69) is 0 Å². The van der Waals surface area contributed by atoms with E-state index in [0.29, 0.717) is 19.4 Å². The van der Waals surface area contributed by atoms with Crippen molar-refractivity contribution in [3.63, 3.8) is 0 Å². The molecule has 1 spiro atoms. The number of fused-ring (bicyclic) bond motifs is 2. The van der Waals surface area contributed by atoms with E-state index in [1.165, 1.54) is 13.2 Å². The SMILES string of the molecule is CC(=O)O[C@H]1C[C@H]2C(COC(=O)CC(C)C)=CO[C@@H](OC(=O)CC(C)C)[C@H]2[C@@]12CO2. The Hall–Kier alpha value is -2.09. The molecule has 0 aromatic heterocycles. The zero-order valence-corrected chi connectivity index (χ0v) is 18.3. The van der Waals surface area contributed by atoms with Gasteiger partial charge >= 0.3 is 17.9 Å². The van der Waals surface area contributed by atoms with Gasteiger partial charge in [-0.25, -0.2) is 0 Å². The molecule has 2 heterocycles. The smallest absolute Gasteiger partial charge is 0.309 e. The quantitative estimate of drug-likeness (QED) is 0.333. The highest BCUT2D eigenvalue weighted by atomic mass is 16.7. The van der Waals surface area contributed by atoms with Crippen LogP contribution in [0.3, 0.4) is 0 Å². The minimum Gasteiger partial charge on any atom is -0.462 e. The van der Waals surface area contributed by atoms with Gasteiger partial charge in [0.2, 0.25) is 6.29 Å². The van der Waals surface area contributed by atoms with Gasteiger partial charge in [-0.05, 0) is 18.3 Å². The van der Waals surface area contributed by atoms with Gasteiger partial charge in [-0.3, -0.25) is 14.4 Å². The Kier molecular flexibility index (Phi) is 6.75. The van der Waals surface area contributed by atoms with Crippen molar-refractivity contribution >= 4 is 17.9 Å². The number of esters is 3. The number of ether oxygens (including phenoxy) is 5. The molecule has 168 valence electrons. The van der Waals surface area contributed by atoms with Gasteiger partial charge in [0.05, 0.1) is 18.8 Å². The fraction of sp³-hybridized carbons (Fsp3) is 0.773. The molecule has 1 saturated carbocycles. The van der Waals surface area contributed by atoms with Crippen molar-refractivity contribution in [2.45, 2.75) is 71.9 Å². The standard InChI is InChI=1S/C22H32O8/c1-12(2)6-18(24)26-9-15-10-27-21(30-19(25)7-13(3)4)20-16(15)8-17(29-14(5)23)22(20)11-28-22/h10,12-13,16-17,20-21H,6-9,11H2,1-5H3/t16-,17-,20-,21-,22+/m0/s1. The van der Waals surface area contributed by atoms with Crippen molar-refractivity contribution < 1.29 is 38.1 Å². The molecule has 8 nitrogen and oxygen atoms in total. The molecule has 0 amide bonds. The first-order valence-electron chi connectivity index (χ1n) is 10.6. The second-order valence-corrected chi connectivity index (χ2v) is 9.25. The minimum absolute atomic E-state index is 0.0856. The highest BCUT2D eigenvalue weighted by Crippen LogP contribution is 2.57. The third-order valence-electron chi connectivity index (χ3n) is 5.72. The molecule has 3 aliphatic rings. The molecule has 2 fully saturated rings. The molecule has 0 bridgehead atoms. The summed E-state index contributed by atoms with van der Waals surface area (Å²) in [5, 5.41) is 0. The molecular weight excluding hydrogens is 392 g/mol. The van der Waals surface area contributed by atoms with Crippen LogP contribution in [-0.4, -0.2) is 49.1 Å². The first kappa shape index (κ1) is 22.6. The topological polar surface area (TPSA) is 101 Å². The first-order chi connectivity index (χ1) is 14.1. The third kappa shape index (κ3) is 4.96. The Morgan fingerprint density at radius 2 is 1.73 bits per heavy atom. The number of epoxide rings is 1. The van der Waals surface area contributed by atoms with Crippen LogP contribution < -0.4 is 0 Å². The molecule has 0 radical (unpaired) electrons. The zero-order valence-electron chi connectivity index (χ0n) is 18.3. The zero-order chi connectivity index (χ0) is 22.1. The van der Waals surface area contributed by atoms with Crippen LogP contribution in [-0.2, 0) is 38.1 Å². The maximum atomic E-state index is 12.3. The molecule has 30 heavy (non-hydrogen) atoms. The molecule has 2 aliphatic heterocycles. The second-order valence-electron chi connectivity index (χ2n) is 9.25. The third-order valence-corrected chi connectivity index (χ3v) is 5.72. The lowest BCUT2D eigenvalue weighted by atomic mass is 9.83. The van der Waals surface area contributed by atoms with E-state index >= 15 is 0 Å². The molecule has 3 rings (SSSR count). The van der Waals surface area contributed by atoms with Crippen molar-refractivity contribution in [2.75, 3.05) is 13.2 Å². The minimum atomic E-state index is -0.834. The van der Waals surface area contributed by atoms with Gasteiger partial charge in [-0.2, -0.15) is 0 Å². The van der Waals surface area contributed by atoms with Crippen LogP contribution >= 0.6 is 0 Å². The van der Waals surface area contributed by atoms with Crippen LogP contribution in [0.4, 0.5) is 0 Å². The Labute approximate surface area is 177 Å². The van der Waals surface area contributed by atoms with Crippen LogP contribution in [0.5, 0.6) is 0 Å². The van der Waals surface area contributed by atoms with E-state index in [4.69, 9.17) is 23.7 Å². The molecule has 5 atom stereocenters. The van der Waals surface area contributed by atoms with Gasteiger partial charge in [0, 0.05) is 31.3 Å². The molecule has 0 aromatic carbocycles. The summed E-state index contributed by atoms with van der Waals surface area (Å²) in [5.41, 5.74) is 0.0402. The second kappa shape index (κ2) is 8.96. The van der Waals surface area contributed by atoms with Crippen LogP contribution in [0.1, 0.15) is 53.9 Å². The summed E-state index contributed by atoms with van der Waals surface area (Å²) >= 11 is 0. The summed E-state index contributed by atoms with van der Waals surface area (Å²) in [6, 6.07) is 0. The predicted molar refractivity (Wildman–Crippen MR) is 105 cm³/mol. The van der Waals surface area contributed by atoms with Gasteiger partial charge in [0.15, 0.2) is 0 Å². The molecule has 8 heteroatoms. The van der Waals surface area contributed by atoms with Crippen molar-refractivity contribution in [2.24, 2.45) is 23.7 Å². The van der Waals surface area contributed by atoms with E-state index < -0.39 is 24.0 Å². The number of hydrogen-bond acceptors (Lipinski definition) is 8. The monoisotopic (exact) mass is 424 g/mol. The Morgan fingerprint density at radius 3 is 2.30 bits per heavy atom. The van der Waals surface area contributed by atoms with Gasteiger partial charge in [-0.1, -0.05) is 27.7 Å². The van der Waals surface area contributed by atoms with Crippen LogP contribution in [0.2, 0.25) is 0 Å². The summed E-state index contributed by atoms with van der Waals surface area (Å²) in [7, 11) is 0. The normalized spacial score (nSPS) is 31.8. The van der Waals surface area contributed by atoms with Crippen molar-refractivity contribution in [3.8, 4) is 0 Å². The Morgan fingerprint density at radius 1 is 1.10 bits per heavy atom. The molecule has 0 unspecified atom stereocenters. The highest BCUT2D eigenvalue weighted by molar-refractivity contribution is 5.70. The molecule has 1 aliphatic carbocycles. The fourth-order valence-electron chi connectivity index (χ4n) is 4.38. The Balaban J connectivity index is 1.77. The van der Waals surface area contributed by atoms with E-state index in [0.717, 1.165) is 5.57 Å². The van der Waals surface area contributed by atoms with Crippen LogP contribution in [0.15, 0.2) is 11.8 Å². The van der Waals surface area contributed by atoms with Crippen LogP contribution in [0, 0.1) is 23.7 Å². The van der Waals surface area contributed by atoms with Crippen molar-refractivity contribution in [1.29, 1.82) is 0 Å². The Bertz CT molecular complexity index is 706. The number of carbonyl (C=O) groups is 3. The lowest BCUT2D eigenvalue weighted by Crippen LogP contribution is -2.45. The largest absolute Gasteiger partial charge is 0.462 e. The van der Waals surface area contributed by atoms with Crippen LogP contribution in [0.25, 0.3) is 0 Å². The van der Waals surface area contributed by atoms with E-state index in [1.54, 1.807) is 0 Å². The maximum absolute atomic E-state index is 12.3. The molecule has 1 saturated heterocycles. The molecule has 0 N–H and O–H groups in total. The van der Waals surface area contributed by atoms with Gasteiger partial charge in [-0.15, -0.1) is 0 Å². The fourth-order valence-corrected chi connectivity index (χ4v) is 4.38. The predicted octanol–water partition coefficient (Wildman–Crippen LogP) is 2.74. The summed E-state index contributed by atoms with van der Waals surface area (Å²) in [6.07, 6.45) is 1.33. The first-order valence-corrected chi connectivity index (χ1v) is 10.6. The van der Waals surface area contributed by atoms with Gasteiger partial charge in [0.1, 0.15) is 18.3 Å². The summed E-state index contributed by atoms with van der Waals surface area (Å²) in [5.74, 6) is -1.13. The van der Waals surface area contributed by atoms with E-state index in [1.807, 2.05) is 27.7 Å². The lowest BCUT2D eigenvalue weighted by molar-refractivity contribution is -0.192. The van der Waals surface area contributed by atoms with E-state index in [9.17, 15) is 14.4 Å². The highest BCUT2D eigenvalue weighted by Gasteiger charge is 2.70. The van der Waals surface area contributed by atoms with E-state index in [-0.39, 0.29) is 48.6 Å². The summed E-state index contributed by atoms with van der Waals surface area (Å²) < 4.78 is 28.2. The summed E-state index contributed by atoms with van der Waals surface area (Å²) in [4.78, 5) is 35.9. The van der Waals surface area contributed by atoms with Gasteiger partial charge in [0.25, 0.3) is 0 Å². The number of hydrogen-bond donors (Lipinski definition) is 0. The summed E-state index contributed by atoms with van der Waals surface area (Å²) in [6.45, 7) is 9.62. The number of carbonyl (C=O) groups excluding carboxylic acids is 3. The number of rotatable bonds is 8. The maximum Gasteiger partial charge on any atom is 0.309 e. The van der Waals surface area contributed by atoms with Crippen molar-refractivity contribution in [1.82, 2.24) is 0 Å². The molecular formula is C22H32O8. The lowest BCUT2D eigenvalue weighted by Gasteiger charge is -2.35. The average molecular weight is 424 g/mol. The van der Waals surface area contributed by atoms with Crippen molar-refractivity contribution in [3.05, 3.63) is 11.8 Å².